The van der Waals surface area contributed by atoms with Crippen LogP contribution in [-0.2, 0) is 6.42 Å². The van der Waals surface area contributed by atoms with Gasteiger partial charge in [0.25, 0.3) is 0 Å². The molecule has 0 atom stereocenters. The van der Waals surface area contributed by atoms with Crippen LogP contribution in [0, 0.1) is 0 Å². The Labute approximate surface area is 112 Å². The van der Waals surface area contributed by atoms with E-state index in [4.69, 9.17) is 9.47 Å². The fourth-order valence-electron chi connectivity index (χ4n) is 1.98. The van der Waals surface area contributed by atoms with Crippen molar-refractivity contribution in [2.45, 2.75) is 6.42 Å². The highest BCUT2D eigenvalue weighted by atomic mass is 16.5. The minimum absolute atomic E-state index is 0.0157. The summed E-state index contributed by atoms with van der Waals surface area (Å²) in [5.41, 5.74) is 1.53. The molecule has 0 bridgehead atoms. The van der Waals surface area contributed by atoms with Gasteiger partial charge in [0.05, 0.1) is 19.8 Å². The molecule has 0 saturated carbocycles. The first kappa shape index (κ1) is 13.1. The maximum absolute atomic E-state index is 12.3. The predicted octanol–water partition coefficient (Wildman–Crippen LogP) is 3.13. The van der Waals surface area contributed by atoms with Crippen molar-refractivity contribution in [1.29, 1.82) is 0 Å². The van der Waals surface area contributed by atoms with E-state index >= 15 is 0 Å². The predicted molar refractivity (Wildman–Crippen MR) is 74.0 cm³/mol. The average molecular weight is 256 g/mol. The third kappa shape index (κ3) is 2.94. The Morgan fingerprint density at radius 3 is 2.32 bits per heavy atom. The maximum Gasteiger partial charge on any atom is 0.171 e. The number of benzene rings is 2. The van der Waals surface area contributed by atoms with E-state index in [0.29, 0.717) is 23.5 Å². The van der Waals surface area contributed by atoms with E-state index < -0.39 is 0 Å². The molecule has 3 heteroatoms. The lowest BCUT2D eigenvalue weighted by molar-refractivity contribution is 0.0989. The summed E-state index contributed by atoms with van der Waals surface area (Å²) in [7, 11) is 3.10. The van der Waals surface area contributed by atoms with E-state index in [1.165, 1.54) is 7.11 Å². The van der Waals surface area contributed by atoms with Crippen molar-refractivity contribution in [2.75, 3.05) is 14.2 Å². The minimum atomic E-state index is 0.0157. The van der Waals surface area contributed by atoms with Gasteiger partial charge in [-0.05, 0) is 17.7 Å². The number of para-hydroxylation sites is 1. The molecule has 0 aliphatic carbocycles. The highest BCUT2D eigenvalue weighted by Crippen LogP contribution is 2.31. The Balaban J connectivity index is 2.29. The van der Waals surface area contributed by atoms with Crippen molar-refractivity contribution in [3.63, 3.8) is 0 Å². The van der Waals surface area contributed by atoms with Crippen molar-refractivity contribution in [3.8, 4) is 11.5 Å². The molecule has 0 aliphatic heterocycles. The normalized spacial score (nSPS) is 10.0. The number of rotatable bonds is 5. The number of methoxy groups -OCH3 is 2. The van der Waals surface area contributed by atoms with Crippen molar-refractivity contribution < 1.29 is 14.3 Å². The van der Waals surface area contributed by atoms with Gasteiger partial charge in [-0.15, -0.1) is 0 Å². The maximum atomic E-state index is 12.3. The van der Waals surface area contributed by atoms with Gasteiger partial charge in [0.15, 0.2) is 17.3 Å². The van der Waals surface area contributed by atoms with Crippen LogP contribution in [0.25, 0.3) is 0 Å². The van der Waals surface area contributed by atoms with Crippen molar-refractivity contribution in [3.05, 3.63) is 59.7 Å². The molecule has 0 aromatic heterocycles. The van der Waals surface area contributed by atoms with Gasteiger partial charge in [0.2, 0.25) is 0 Å². The second-order valence-electron chi connectivity index (χ2n) is 4.13. The molecule has 0 amide bonds. The van der Waals surface area contributed by atoms with Crippen LogP contribution in [0.15, 0.2) is 48.5 Å². The molecule has 98 valence electrons. The zero-order valence-electron chi connectivity index (χ0n) is 11.1. The quantitative estimate of drug-likeness (QED) is 0.771. The summed E-state index contributed by atoms with van der Waals surface area (Å²) >= 11 is 0. The second-order valence-corrected chi connectivity index (χ2v) is 4.13. The molecule has 2 rings (SSSR count). The van der Waals surface area contributed by atoms with Crippen LogP contribution in [0.5, 0.6) is 11.5 Å². The van der Waals surface area contributed by atoms with E-state index in [9.17, 15) is 4.79 Å². The van der Waals surface area contributed by atoms with Gasteiger partial charge in [-0.3, -0.25) is 4.79 Å². The van der Waals surface area contributed by atoms with E-state index in [0.717, 1.165) is 5.56 Å². The summed E-state index contributed by atoms with van der Waals surface area (Å²) in [6.07, 6.45) is 0.352. The highest BCUT2D eigenvalue weighted by Gasteiger charge is 2.16. The monoisotopic (exact) mass is 256 g/mol. The molecule has 0 aliphatic rings. The van der Waals surface area contributed by atoms with E-state index in [2.05, 4.69) is 0 Å². The lowest BCUT2D eigenvalue weighted by atomic mass is 10.0. The molecular formula is C16H16O3. The molecule has 2 aromatic rings. The molecule has 0 N–H and O–H groups in total. The van der Waals surface area contributed by atoms with Crippen molar-refractivity contribution in [1.82, 2.24) is 0 Å². The van der Waals surface area contributed by atoms with Crippen LogP contribution in [-0.4, -0.2) is 20.0 Å². The molecule has 0 spiro atoms. The standard InChI is InChI=1S/C16H16O3/c1-18-15-10-6-9-13(16(15)19-2)14(17)11-12-7-4-3-5-8-12/h3-10H,11H2,1-2H3. The fourth-order valence-corrected chi connectivity index (χ4v) is 1.98. The van der Waals surface area contributed by atoms with Crippen LogP contribution in [0.4, 0.5) is 0 Å². The van der Waals surface area contributed by atoms with Crippen LogP contribution in [0.1, 0.15) is 15.9 Å². The minimum Gasteiger partial charge on any atom is -0.493 e. The van der Waals surface area contributed by atoms with Gasteiger partial charge >= 0.3 is 0 Å². The number of Topliss-reactive ketones (excluding diaryl/α,β-unsaturated/α-hetero) is 1. The summed E-state index contributed by atoms with van der Waals surface area (Å²) in [5.74, 6) is 1.08. The summed E-state index contributed by atoms with van der Waals surface area (Å²) in [4.78, 5) is 12.3. The Morgan fingerprint density at radius 1 is 0.947 bits per heavy atom. The molecule has 0 saturated heterocycles. The second kappa shape index (κ2) is 6.05. The lowest BCUT2D eigenvalue weighted by Gasteiger charge is -2.11. The Bertz CT molecular complexity index is 561. The van der Waals surface area contributed by atoms with Gasteiger partial charge in [-0.25, -0.2) is 0 Å². The van der Waals surface area contributed by atoms with Gasteiger partial charge < -0.3 is 9.47 Å². The summed E-state index contributed by atoms with van der Waals surface area (Å²) < 4.78 is 10.5. The lowest BCUT2D eigenvalue weighted by Crippen LogP contribution is -2.06. The smallest absolute Gasteiger partial charge is 0.171 e. The van der Waals surface area contributed by atoms with Crippen LogP contribution >= 0.6 is 0 Å². The van der Waals surface area contributed by atoms with Crippen molar-refractivity contribution in [2.24, 2.45) is 0 Å². The van der Waals surface area contributed by atoms with Gasteiger partial charge in [-0.2, -0.15) is 0 Å². The third-order valence-electron chi connectivity index (χ3n) is 2.91. The zero-order chi connectivity index (χ0) is 13.7. The fraction of sp³-hybridized carbons (Fsp3) is 0.188. The SMILES string of the molecule is COc1cccc(C(=O)Cc2ccccc2)c1OC. The molecular weight excluding hydrogens is 240 g/mol. The van der Waals surface area contributed by atoms with E-state index in [1.54, 1.807) is 25.3 Å². The largest absolute Gasteiger partial charge is 0.493 e. The molecule has 0 unspecified atom stereocenters. The molecule has 0 radical (unpaired) electrons. The first-order valence-electron chi connectivity index (χ1n) is 6.04. The van der Waals surface area contributed by atoms with E-state index in [-0.39, 0.29) is 5.78 Å². The Kier molecular flexibility index (Phi) is 4.18. The first-order chi connectivity index (χ1) is 9.26. The average Bonchev–Trinajstić information content (AvgIpc) is 2.47. The Hall–Kier alpha value is -2.29. The van der Waals surface area contributed by atoms with Crippen LogP contribution in [0.2, 0.25) is 0 Å². The van der Waals surface area contributed by atoms with E-state index in [1.807, 2.05) is 30.3 Å². The molecule has 3 nitrogen and oxygen atoms in total. The first-order valence-corrected chi connectivity index (χ1v) is 6.04. The molecule has 0 fully saturated rings. The molecule has 0 heterocycles. The third-order valence-corrected chi connectivity index (χ3v) is 2.91. The molecule has 2 aromatic carbocycles. The van der Waals surface area contributed by atoms with Gasteiger partial charge in [0.1, 0.15) is 0 Å². The number of ether oxygens (including phenoxy) is 2. The zero-order valence-corrected chi connectivity index (χ0v) is 11.1. The van der Waals surface area contributed by atoms with Crippen molar-refractivity contribution >= 4 is 5.78 Å². The van der Waals surface area contributed by atoms with Crippen LogP contribution in [0.3, 0.4) is 0 Å². The Morgan fingerprint density at radius 2 is 1.68 bits per heavy atom. The highest BCUT2D eigenvalue weighted by molar-refractivity contribution is 6.00. The summed E-state index contributed by atoms with van der Waals surface area (Å²) in [6.45, 7) is 0. The summed E-state index contributed by atoms with van der Waals surface area (Å²) in [6, 6.07) is 15.0. The number of ketones is 1. The number of hydrogen-bond acceptors (Lipinski definition) is 3. The number of carbonyl (C=O) groups excluding carboxylic acids is 1. The number of hydrogen-bond donors (Lipinski definition) is 0. The van der Waals surface area contributed by atoms with Gasteiger partial charge in [-0.1, -0.05) is 36.4 Å². The summed E-state index contributed by atoms with van der Waals surface area (Å²) in [5, 5.41) is 0. The topological polar surface area (TPSA) is 35.5 Å². The molecule has 19 heavy (non-hydrogen) atoms. The number of carbonyl (C=O) groups is 1. The van der Waals surface area contributed by atoms with Crippen LogP contribution < -0.4 is 9.47 Å². The van der Waals surface area contributed by atoms with Gasteiger partial charge in [0, 0.05) is 6.42 Å².